The van der Waals surface area contributed by atoms with Crippen LogP contribution in [-0.2, 0) is 14.3 Å². The molecule has 1 saturated heterocycles. The van der Waals surface area contributed by atoms with E-state index >= 15 is 0 Å². The molecule has 28 heavy (non-hydrogen) atoms. The van der Waals surface area contributed by atoms with E-state index < -0.39 is 6.10 Å². The largest absolute Gasteiger partial charge is 0.469 e. The molecular formula is C24H32O4. The summed E-state index contributed by atoms with van der Waals surface area (Å²) in [6.07, 6.45) is 11.1. The van der Waals surface area contributed by atoms with Crippen LogP contribution in [-0.4, -0.2) is 30.4 Å². The van der Waals surface area contributed by atoms with Gasteiger partial charge in [-0.05, 0) is 43.4 Å². The van der Waals surface area contributed by atoms with E-state index in [9.17, 15) is 9.90 Å². The van der Waals surface area contributed by atoms with Gasteiger partial charge in [0.15, 0.2) is 0 Å². The lowest BCUT2D eigenvalue weighted by Crippen LogP contribution is -2.01. The van der Waals surface area contributed by atoms with E-state index in [0.717, 1.165) is 30.4 Å². The van der Waals surface area contributed by atoms with Crippen molar-refractivity contribution in [3.8, 4) is 11.8 Å². The van der Waals surface area contributed by atoms with Crippen LogP contribution in [0, 0.1) is 11.8 Å². The van der Waals surface area contributed by atoms with E-state index in [4.69, 9.17) is 4.74 Å². The molecule has 4 heteroatoms. The lowest BCUT2D eigenvalue weighted by atomic mass is 10.0. The molecule has 2 rings (SSSR count). The molecule has 0 saturated carbocycles. The molecule has 0 spiro atoms. The maximum absolute atomic E-state index is 11.2. The van der Waals surface area contributed by atoms with E-state index in [1.165, 1.54) is 26.4 Å². The summed E-state index contributed by atoms with van der Waals surface area (Å²) in [6, 6.07) is 7.96. The van der Waals surface area contributed by atoms with Crippen LogP contribution >= 0.6 is 0 Å². The normalized spacial score (nSPS) is 19.1. The average Bonchev–Trinajstić information content (AvgIpc) is 3.48. The van der Waals surface area contributed by atoms with Crippen LogP contribution in [0.5, 0.6) is 0 Å². The van der Waals surface area contributed by atoms with Crippen molar-refractivity contribution in [1.29, 1.82) is 0 Å². The van der Waals surface area contributed by atoms with Gasteiger partial charge in [0.1, 0.15) is 12.2 Å². The molecule has 152 valence electrons. The van der Waals surface area contributed by atoms with Crippen LogP contribution in [0.3, 0.4) is 0 Å². The second kappa shape index (κ2) is 12.4. The quantitative estimate of drug-likeness (QED) is 0.197. The van der Waals surface area contributed by atoms with Gasteiger partial charge in [0.2, 0.25) is 0 Å². The summed E-state index contributed by atoms with van der Waals surface area (Å²) in [5, 5.41) is 10.0. The van der Waals surface area contributed by atoms with Crippen molar-refractivity contribution in [1.82, 2.24) is 0 Å². The van der Waals surface area contributed by atoms with Gasteiger partial charge in [-0.1, -0.05) is 55.9 Å². The van der Waals surface area contributed by atoms with E-state index in [1.807, 2.05) is 30.3 Å². The second-order valence-electron chi connectivity index (χ2n) is 7.18. The maximum Gasteiger partial charge on any atom is 0.305 e. The van der Waals surface area contributed by atoms with E-state index in [-0.39, 0.29) is 18.2 Å². The fourth-order valence-electron chi connectivity index (χ4n) is 3.08. The Labute approximate surface area is 168 Å². The number of aliphatic hydroxyl groups is 1. The zero-order chi connectivity index (χ0) is 20.2. The fourth-order valence-corrected chi connectivity index (χ4v) is 3.08. The molecule has 0 aliphatic carbocycles. The van der Waals surface area contributed by atoms with Crippen LogP contribution in [0.15, 0.2) is 36.4 Å². The van der Waals surface area contributed by atoms with E-state index in [0.29, 0.717) is 12.8 Å². The number of aliphatic hydroxyl groups excluding tert-OH is 1. The average molecular weight is 385 g/mol. The van der Waals surface area contributed by atoms with Gasteiger partial charge >= 0.3 is 5.97 Å². The molecule has 3 unspecified atom stereocenters. The van der Waals surface area contributed by atoms with Crippen molar-refractivity contribution in [3.63, 3.8) is 0 Å². The number of methoxy groups -OCH3 is 1. The standard InChI is InChI=1S/C24H32O4/c1-3-4-5-6-7-8-13-21(25)17-16-19-11-9-12-20(18-19)24-22(28-24)14-10-15-23(26)27-2/h7-9,11-12,18,21-22,24-25H,3-6,10,13-15H2,1-2H3/b8-7-. The molecular weight excluding hydrogens is 352 g/mol. The number of ether oxygens (including phenoxy) is 2. The number of hydrogen-bond donors (Lipinski definition) is 1. The summed E-state index contributed by atoms with van der Waals surface area (Å²) in [5.74, 6) is 5.80. The Balaban J connectivity index is 1.76. The Morgan fingerprint density at radius 2 is 2.18 bits per heavy atom. The molecule has 1 aromatic carbocycles. The van der Waals surface area contributed by atoms with Crippen LogP contribution < -0.4 is 0 Å². The Kier molecular flexibility index (Phi) is 9.82. The third-order valence-corrected chi connectivity index (χ3v) is 4.78. The Bertz CT molecular complexity index is 698. The summed E-state index contributed by atoms with van der Waals surface area (Å²) in [7, 11) is 1.41. The zero-order valence-corrected chi connectivity index (χ0v) is 17.0. The molecule has 3 atom stereocenters. The summed E-state index contributed by atoms with van der Waals surface area (Å²) in [4.78, 5) is 11.2. The first-order valence-electron chi connectivity index (χ1n) is 10.3. The Morgan fingerprint density at radius 1 is 1.32 bits per heavy atom. The molecule has 1 aromatic rings. The molecule has 1 N–H and O–H groups in total. The minimum absolute atomic E-state index is 0.0791. The molecule has 1 aliphatic heterocycles. The first kappa shape index (κ1) is 22.2. The molecule has 4 nitrogen and oxygen atoms in total. The van der Waals surface area contributed by atoms with E-state index in [2.05, 4.69) is 29.6 Å². The zero-order valence-electron chi connectivity index (χ0n) is 17.0. The van der Waals surface area contributed by atoms with Crippen molar-refractivity contribution in [2.24, 2.45) is 0 Å². The number of unbranched alkanes of at least 4 members (excludes halogenated alkanes) is 3. The third-order valence-electron chi connectivity index (χ3n) is 4.78. The SMILES string of the molecule is CCCCC/C=C\CC(O)C#Cc1cccc(C2OC2CCCC(=O)OC)c1. The number of rotatable bonds is 11. The highest BCUT2D eigenvalue weighted by molar-refractivity contribution is 5.69. The molecule has 1 heterocycles. The van der Waals surface area contributed by atoms with Crippen LogP contribution in [0.25, 0.3) is 0 Å². The molecule has 0 amide bonds. The minimum atomic E-state index is -0.644. The van der Waals surface area contributed by atoms with Crippen LogP contribution in [0.1, 0.15) is 75.5 Å². The topological polar surface area (TPSA) is 59.1 Å². The predicted molar refractivity (Wildman–Crippen MR) is 111 cm³/mol. The smallest absolute Gasteiger partial charge is 0.305 e. The van der Waals surface area contributed by atoms with Crippen molar-refractivity contribution in [3.05, 3.63) is 47.5 Å². The summed E-state index contributed by atoms with van der Waals surface area (Å²) < 4.78 is 10.4. The van der Waals surface area contributed by atoms with Gasteiger partial charge in [0.25, 0.3) is 0 Å². The van der Waals surface area contributed by atoms with Crippen LogP contribution in [0.4, 0.5) is 0 Å². The fraction of sp³-hybridized carbons (Fsp3) is 0.542. The van der Waals surface area contributed by atoms with Gasteiger partial charge < -0.3 is 14.6 Å². The van der Waals surface area contributed by atoms with Gasteiger partial charge in [-0.15, -0.1) is 0 Å². The lowest BCUT2D eigenvalue weighted by molar-refractivity contribution is -0.140. The highest BCUT2D eigenvalue weighted by atomic mass is 16.6. The Hall–Kier alpha value is -2.09. The van der Waals surface area contributed by atoms with Crippen molar-refractivity contribution in [2.75, 3.05) is 7.11 Å². The maximum atomic E-state index is 11.2. The minimum Gasteiger partial charge on any atom is -0.469 e. The van der Waals surface area contributed by atoms with Gasteiger partial charge in [-0.25, -0.2) is 0 Å². The highest BCUT2D eigenvalue weighted by Crippen LogP contribution is 2.41. The van der Waals surface area contributed by atoms with Crippen molar-refractivity contribution in [2.45, 2.75) is 76.6 Å². The number of hydrogen-bond acceptors (Lipinski definition) is 4. The summed E-state index contributed by atoms with van der Waals surface area (Å²) in [6.45, 7) is 2.19. The number of esters is 1. The van der Waals surface area contributed by atoms with Gasteiger partial charge in [0, 0.05) is 18.4 Å². The number of carbonyl (C=O) groups is 1. The molecule has 1 fully saturated rings. The monoisotopic (exact) mass is 384 g/mol. The van der Waals surface area contributed by atoms with Gasteiger partial charge in [0.05, 0.1) is 13.2 Å². The molecule has 1 aliphatic rings. The van der Waals surface area contributed by atoms with Gasteiger partial charge in [-0.2, -0.15) is 0 Å². The van der Waals surface area contributed by atoms with Crippen molar-refractivity contribution >= 4 is 5.97 Å². The van der Waals surface area contributed by atoms with E-state index in [1.54, 1.807) is 0 Å². The Morgan fingerprint density at radius 3 is 2.96 bits per heavy atom. The molecule has 0 aromatic heterocycles. The summed E-state index contributed by atoms with van der Waals surface area (Å²) in [5.41, 5.74) is 1.98. The first-order chi connectivity index (χ1) is 13.6. The second-order valence-corrected chi connectivity index (χ2v) is 7.18. The number of benzene rings is 1. The third kappa shape index (κ3) is 8.29. The lowest BCUT2D eigenvalue weighted by Gasteiger charge is -2.00. The number of carbonyl (C=O) groups excluding carboxylic acids is 1. The predicted octanol–water partition coefficient (Wildman–Crippen LogP) is 4.71. The number of epoxide rings is 1. The van der Waals surface area contributed by atoms with Gasteiger partial charge in [-0.3, -0.25) is 4.79 Å². The summed E-state index contributed by atoms with van der Waals surface area (Å²) >= 11 is 0. The van der Waals surface area contributed by atoms with Crippen molar-refractivity contribution < 1.29 is 19.4 Å². The molecule has 0 bridgehead atoms. The highest BCUT2D eigenvalue weighted by Gasteiger charge is 2.39. The molecule has 0 radical (unpaired) electrons. The van der Waals surface area contributed by atoms with Crippen LogP contribution in [0.2, 0.25) is 0 Å². The number of allylic oxidation sites excluding steroid dienone is 1. The first-order valence-corrected chi connectivity index (χ1v) is 10.3.